The predicted molar refractivity (Wildman–Crippen MR) is 79.4 cm³/mol. The first-order valence-electron chi connectivity index (χ1n) is 6.24. The molecule has 96 valence electrons. The smallest absolute Gasteiger partial charge is 0.228 e. The van der Waals surface area contributed by atoms with Crippen molar-refractivity contribution in [2.75, 3.05) is 11.4 Å². The summed E-state index contributed by atoms with van der Waals surface area (Å²) in [5.41, 5.74) is 2.84. The Labute approximate surface area is 117 Å². The number of carbonyl (C=O) groups is 1. The number of benzene rings is 1. The van der Waals surface area contributed by atoms with Crippen LogP contribution in [0.1, 0.15) is 6.42 Å². The molecule has 2 heterocycles. The largest absolute Gasteiger partial charge is 0.310 e. The molecule has 0 aliphatic carbocycles. The minimum atomic E-state index is 0.120. The number of thiol groups is 1. The molecule has 2 aromatic rings. The van der Waals surface area contributed by atoms with Crippen LogP contribution in [0.15, 0.2) is 48.7 Å². The highest BCUT2D eigenvalue weighted by Crippen LogP contribution is 2.25. The van der Waals surface area contributed by atoms with E-state index < -0.39 is 0 Å². The molecular formula is C15H14N2OS. The van der Waals surface area contributed by atoms with Crippen LogP contribution >= 0.6 is 12.6 Å². The highest BCUT2D eigenvalue weighted by molar-refractivity contribution is 7.81. The Morgan fingerprint density at radius 3 is 2.53 bits per heavy atom. The molecule has 1 saturated heterocycles. The number of pyridine rings is 1. The number of hydrogen-bond acceptors (Lipinski definition) is 3. The molecule has 1 atom stereocenters. The average molecular weight is 270 g/mol. The van der Waals surface area contributed by atoms with Gasteiger partial charge < -0.3 is 4.90 Å². The van der Waals surface area contributed by atoms with Crippen LogP contribution in [0.3, 0.4) is 0 Å². The van der Waals surface area contributed by atoms with E-state index in [2.05, 4.69) is 17.6 Å². The Bertz CT molecular complexity index is 583. The molecule has 1 aliphatic rings. The van der Waals surface area contributed by atoms with Crippen molar-refractivity contribution in [1.29, 1.82) is 0 Å². The van der Waals surface area contributed by atoms with Crippen LogP contribution in [0.4, 0.5) is 5.69 Å². The third-order valence-corrected chi connectivity index (χ3v) is 3.58. The van der Waals surface area contributed by atoms with Crippen molar-refractivity contribution in [2.24, 2.45) is 0 Å². The van der Waals surface area contributed by atoms with Crippen molar-refractivity contribution in [3.8, 4) is 11.3 Å². The van der Waals surface area contributed by atoms with E-state index in [1.807, 2.05) is 42.5 Å². The second kappa shape index (κ2) is 5.05. The molecule has 3 nitrogen and oxygen atoms in total. The summed E-state index contributed by atoms with van der Waals surface area (Å²) < 4.78 is 0. The summed E-state index contributed by atoms with van der Waals surface area (Å²) in [6.07, 6.45) is 2.26. The van der Waals surface area contributed by atoms with Crippen LogP contribution in [-0.4, -0.2) is 22.7 Å². The third-order valence-electron chi connectivity index (χ3n) is 3.23. The molecule has 0 N–H and O–H groups in total. The molecule has 3 rings (SSSR count). The molecule has 1 aliphatic heterocycles. The monoisotopic (exact) mass is 270 g/mol. The van der Waals surface area contributed by atoms with E-state index >= 15 is 0 Å². The van der Waals surface area contributed by atoms with E-state index in [-0.39, 0.29) is 11.2 Å². The van der Waals surface area contributed by atoms with Crippen LogP contribution in [0.2, 0.25) is 0 Å². The van der Waals surface area contributed by atoms with E-state index in [9.17, 15) is 4.79 Å². The number of carbonyl (C=O) groups excluding carboxylic acids is 1. The van der Waals surface area contributed by atoms with Crippen molar-refractivity contribution >= 4 is 24.2 Å². The lowest BCUT2D eigenvalue weighted by Gasteiger charge is -2.15. The molecule has 0 radical (unpaired) electrons. The minimum absolute atomic E-state index is 0.120. The zero-order valence-electron chi connectivity index (χ0n) is 10.4. The lowest BCUT2D eigenvalue weighted by molar-refractivity contribution is -0.117. The van der Waals surface area contributed by atoms with Crippen molar-refractivity contribution in [3.05, 3.63) is 48.7 Å². The third kappa shape index (κ3) is 2.49. The summed E-state index contributed by atoms with van der Waals surface area (Å²) in [5.74, 6) is 0.120. The van der Waals surface area contributed by atoms with Gasteiger partial charge >= 0.3 is 0 Å². The summed E-state index contributed by atoms with van der Waals surface area (Å²) in [6, 6.07) is 13.9. The van der Waals surface area contributed by atoms with Crippen LogP contribution < -0.4 is 4.90 Å². The summed E-state index contributed by atoms with van der Waals surface area (Å²) in [4.78, 5) is 18.0. The Balaban J connectivity index is 1.86. The van der Waals surface area contributed by atoms with Gasteiger partial charge in [-0.1, -0.05) is 30.3 Å². The maximum absolute atomic E-state index is 11.8. The van der Waals surface area contributed by atoms with E-state index in [1.165, 1.54) is 0 Å². The van der Waals surface area contributed by atoms with Crippen LogP contribution in [0, 0.1) is 0 Å². The first-order chi connectivity index (χ1) is 9.24. The van der Waals surface area contributed by atoms with Gasteiger partial charge in [0, 0.05) is 23.8 Å². The summed E-state index contributed by atoms with van der Waals surface area (Å²) in [7, 11) is 0. The minimum Gasteiger partial charge on any atom is -0.310 e. The quantitative estimate of drug-likeness (QED) is 0.851. The molecule has 0 saturated carbocycles. The van der Waals surface area contributed by atoms with Gasteiger partial charge in [-0.15, -0.1) is 0 Å². The Kier molecular flexibility index (Phi) is 3.25. The van der Waals surface area contributed by atoms with Gasteiger partial charge in [-0.3, -0.25) is 9.78 Å². The maximum atomic E-state index is 11.8. The van der Waals surface area contributed by atoms with Crippen molar-refractivity contribution in [2.45, 2.75) is 11.7 Å². The highest BCUT2D eigenvalue weighted by atomic mass is 32.1. The van der Waals surface area contributed by atoms with E-state index in [1.54, 1.807) is 11.1 Å². The van der Waals surface area contributed by atoms with Gasteiger partial charge in [-0.2, -0.15) is 12.6 Å². The van der Waals surface area contributed by atoms with Gasteiger partial charge in [0.2, 0.25) is 5.91 Å². The number of rotatable bonds is 2. The summed E-state index contributed by atoms with van der Waals surface area (Å²) in [5, 5.41) is 0.126. The first kappa shape index (κ1) is 12.2. The Morgan fingerprint density at radius 2 is 1.95 bits per heavy atom. The van der Waals surface area contributed by atoms with Gasteiger partial charge in [-0.25, -0.2) is 0 Å². The molecule has 1 unspecified atom stereocenters. The van der Waals surface area contributed by atoms with Gasteiger partial charge in [0.1, 0.15) is 0 Å². The van der Waals surface area contributed by atoms with Gasteiger partial charge in [0.25, 0.3) is 0 Å². The fourth-order valence-corrected chi connectivity index (χ4v) is 2.58. The van der Waals surface area contributed by atoms with Crippen LogP contribution in [0.25, 0.3) is 11.3 Å². The lowest BCUT2D eigenvalue weighted by atomic mass is 10.1. The van der Waals surface area contributed by atoms with Crippen molar-refractivity contribution in [3.63, 3.8) is 0 Å². The maximum Gasteiger partial charge on any atom is 0.228 e. The number of hydrogen-bond donors (Lipinski definition) is 1. The van der Waals surface area contributed by atoms with E-state index in [4.69, 9.17) is 0 Å². The van der Waals surface area contributed by atoms with Crippen molar-refractivity contribution in [1.82, 2.24) is 4.98 Å². The fourth-order valence-electron chi connectivity index (χ4n) is 2.26. The van der Waals surface area contributed by atoms with Gasteiger partial charge in [-0.05, 0) is 12.1 Å². The summed E-state index contributed by atoms with van der Waals surface area (Å²) >= 11 is 4.36. The lowest BCUT2D eigenvalue weighted by Crippen LogP contribution is -2.24. The molecule has 1 aromatic heterocycles. The molecule has 1 amide bonds. The molecule has 1 fully saturated rings. The highest BCUT2D eigenvalue weighted by Gasteiger charge is 2.28. The number of nitrogens with zero attached hydrogens (tertiary/aromatic N) is 2. The Morgan fingerprint density at radius 1 is 1.16 bits per heavy atom. The topological polar surface area (TPSA) is 33.2 Å². The van der Waals surface area contributed by atoms with Gasteiger partial charge in [0.15, 0.2) is 0 Å². The molecule has 0 bridgehead atoms. The standard InChI is InChI=1S/C15H14N2OS/c18-15-8-13(19)10-17(15)12-6-7-14(16-9-12)11-4-2-1-3-5-11/h1-7,9,13,19H,8,10H2. The molecule has 0 spiro atoms. The number of amides is 1. The van der Waals surface area contributed by atoms with Crippen LogP contribution in [-0.2, 0) is 4.79 Å². The second-order valence-corrected chi connectivity index (χ2v) is 5.36. The normalized spacial score (nSPS) is 18.9. The van der Waals surface area contributed by atoms with E-state index in [0.717, 1.165) is 16.9 Å². The Hall–Kier alpha value is -1.81. The van der Waals surface area contributed by atoms with Gasteiger partial charge in [0.05, 0.1) is 17.6 Å². The van der Waals surface area contributed by atoms with E-state index in [0.29, 0.717) is 13.0 Å². The second-order valence-electron chi connectivity index (χ2n) is 4.63. The molecule has 1 aromatic carbocycles. The predicted octanol–water partition coefficient (Wildman–Crippen LogP) is 2.78. The SMILES string of the molecule is O=C1CC(S)CN1c1ccc(-c2ccccc2)nc1. The molecule has 19 heavy (non-hydrogen) atoms. The summed E-state index contributed by atoms with van der Waals surface area (Å²) in [6.45, 7) is 0.661. The zero-order valence-corrected chi connectivity index (χ0v) is 11.3. The molecular weight excluding hydrogens is 256 g/mol. The average Bonchev–Trinajstić information content (AvgIpc) is 2.79. The fraction of sp³-hybridized carbons (Fsp3) is 0.200. The van der Waals surface area contributed by atoms with Crippen molar-refractivity contribution < 1.29 is 4.79 Å². The number of anilines is 1. The molecule has 4 heteroatoms. The number of aromatic nitrogens is 1. The first-order valence-corrected chi connectivity index (χ1v) is 6.75. The van der Waals surface area contributed by atoms with Crippen LogP contribution in [0.5, 0.6) is 0 Å². The zero-order chi connectivity index (χ0) is 13.2.